The molecule has 3 rings (SSSR count). The molecule has 0 saturated carbocycles. The number of nitrogens with two attached hydrogens (primary N) is 1. The molecule has 1 heterocycles. The topological polar surface area (TPSA) is 209 Å². The number of hydrogen-bond acceptors (Lipinski definition) is 8. The van der Waals surface area contributed by atoms with E-state index in [1.807, 2.05) is 0 Å². The van der Waals surface area contributed by atoms with Crippen molar-refractivity contribution in [1.82, 2.24) is 15.5 Å². The summed E-state index contributed by atoms with van der Waals surface area (Å²) in [6.07, 6.45) is 0.681. The minimum absolute atomic E-state index is 0.0723. The van der Waals surface area contributed by atoms with Gasteiger partial charge in [0.25, 0.3) is 0 Å². The van der Waals surface area contributed by atoms with Crippen LogP contribution in [-0.2, 0) is 41.6 Å². The van der Waals surface area contributed by atoms with E-state index in [9.17, 15) is 39.0 Å². The lowest BCUT2D eigenvalue weighted by Crippen LogP contribution is -2.54. The van der Waals surface area contributed by atoms with Crippen molar-refractivity contribution in [2.45, 2.75) is 37.8 Å². The lowest BCUT2D eigenvalue weighted by Gasteiger charge is -2.22. The molecule has 1 saturated heterocycles. The average molecular weight is 552 g/mol. The standard InChI is InChI=1S/C27H29N5O8/c28-29-14-18-8-6-17(7-9-18)10-19-12-23(34)32(26(19)38)15-22(33)30-20(13-24(35)36)25(37)31-21(27(39)40)11-16-4-2-1-3-5-16/h1-9,14,19-21H,10-13,15,28H2,(H,30,33)(H,31,37)(H,35,36)(H,39,40)/t19?,20-,21-/m0/s1. The lowest BCUT2D eigenvalue weighted by atomic mass is 9.97. The summed E-state index contributed by atoms with van der Waals surface area (Å²) in [5, 5.41) is 26.7. The number of carbonyl (C=O) groups is 6. The van der Waals surface area contributed by atoms with Crippen LogP contribution >= 0.6 is 0 Å². The second-order valence-electron chi connectivity index (χ2n) is 9.25. The van der Waals surface area contributed by atoms with Crippen LogP contribution in [0, 0.1) is 5.92 Å². The van der Waals surface area contributed by atoms with Crippen LogP contribution in [0.1, 0.15) is 29.5 Å². The summed E-state index contributed by atoms with van der Waals surface area (Å²) in [4.78, 5) is 74.7. The van der Waals surface area contributed by atoms with Crippen LogP contribution in [0.4, 0.5) is 0 Å². The van der Waals surface area contributed by atoms with Crippen molar-refractivity contribution in [1.29, 1.82) is 0 Å². The molecule has 40 heavy (non-hydrogen) atoms. The zero-order valence-electron chi connectivity index (χ0n) is 21.4. The number of carboxylic acid groups (broad SMARTS) is 2. The second kappa shape index (κ2) is 13.6. The van der Waals surface area contributed by atoms with Crippen LogP contribution in [0.3, 0.4) is 0 Å². The van der Waals surface area contributed by atoms with Gasteiger partial charge < -0.3 is 26.7 Å². The summed E-state index contributed by atoms with van der Waals surface area (Å²) < 4.78 is 0. The van der Waals surface area contributed by atoms with Gasteiger partial charge in [0, 0.05) is 12.8 Å². The molecule has 0 spiro atoms. The van der Waals surface area contributed by atoms with E-state index < -0.39 is 66.5 Å². The number of benzene rings is 2. The van der Waals surface area contributed by atoms with Crippen LogP contribution < -0.4 is 16.5 Å². The van der Waals surface area contributed by atoms with Crippen LogP contribution in [0.5, 0.6) is 0 Å². The highest BCUT2D eigenvalue weighted by Crippen LogP contribution is 2.23. The third kappa shape index (κ3) is 8.21. The Morgan fingerprint density at radius 1 is 0.975 bits per heavy atom. The number of carboxylic acids is 2. The molecule has 13 nitrogen and oxygen atoms in total. The number of nitrogens with one attached hydrogen (secondary N) is 2. The molecule has 6 N–H and O–H groups in total. The normalized spacial score (nSPS) is 16.5. The van der Waals surface area contributed by atoms with E-state index in [4.69, 9.17) is 5.84 Å². The highest BCUT2D eigenvalue weighted by molar-refractivity contribution is 6.06. The van der Waals surface area contributed by atoms with Crippen molar-refractivity contribution in [3.63, 3.8) is 0 Å². The van der Waals surface area contributed by atoms with E-state index in [2.05, 4.69) is 15.7 Å². The number of aliphatic carboxylic acids is 2. The van der Waals surface area contributed by atoms with Gasteiger partial charge in [-0.3, -0.25) is 28.9 Å². The number of carbonyl (C=O) groups excluding carboxylic acids is 4. The summed E-state index contributed by atoms with van der Waals surface area (Å²) in [5.41, 5.74) is 2.16. The largest absolute Gasteiger partial charge is 0.481 e. The first-order valence-electron chi connectivity index (χ1n) is 12.3. The van der Waals surface area contributed by atoms with E-state index >= 15 is 0 Å². The highest BCUT2D eigenvalue weighted by atomic mass is 16.4. The molecule has 1 aliphatic heterocycles. The van der Waals surface area contributed by atoms with E-state index in [-0.39, 0.29) is 19.3 Å². The molecule has 210 valence electrons. The molecule has 1 aliphatic rings. The fraction of sp³-hybridized carbons (Fsp3) is 0.296. The number of nitrogens with zero attached hydrogens (tertiary/aromatic N) is 2. The van der Waals surface area contributed by atoms with E-state index in [0.717, 1.165) is 16.0 Å². The number of hydrazone groups is 1. The van der Waals surface area contributed by atoms with Crippen LogP contribution in [-0.4, -0.2) is 75.5 Å². The Morgan fingerprint density at radius 2 is 1.65 bits per heavy atom. The fourth-order valence-corrected chi connectivity index (χ4v) is 4.28. The minimum Gasteiger partial charge on any atom is -0.481 e. The van der Waals surface area contributed by atoms with Crippen molar-refractivity contribution in [2.75, 3.05) is 6.54 Å². The summed E-state index contributed by atoms with van der Waals surface area (Å²) in [6, 6.07) is 12.5. The Hall–Kier alpha value is -5.07. The van der Waals surface area contributed by atoms with Gasteiger partial charge in [-0.2, -0.15) is 5.10 Å². The molecule has 2 aromatic rings. The van der Waals surface area contributed by atoms with Gasteiger partial charge in [-0.25, -0.2) is 4.79 Å². The molecular formula is C27H29N5O8. The molecule has 0 radical (unpaired) electrons. The number of rotatable bonds is 13. The quantitative estimate of drug-likeness (QED) is 0.0954. The van der Waals surface area contributed by atoms with Gasteiger partial charge in [-0.15, -0.1) is 0 Å². The monoisotopic (exact) mass is 551 g/mol. The van der Waals surface area contributed by atoms with Crippen molar-refractivity contribution in [3.8, 4) is 0 Å². The van der Waals surface area contributed by atoms with Gasteiger partial charge in [0.05, 0.1) is 18.6 Å². The molecule has 1 unspecified atom stereocenters. The summed E-state index contributed by atoms with van der Waals surface area (Å²) >= 11 is 0. The predicted octanol–water partition coefficient (Wildman–Crippen LogP) is -0.332. The SMILES string of the molecule is NN=Cc1ccc(CC2CC(=O)N(CC(=O)N[C@@H](CC(=O)O)C(=O)N[C@@H](Cc3ccccc3)C(=O)O)C2=O)cc1. The molecule has 2 aromatic carbocycles. The van der Waals surface area contributed by atoms with Crippen molar-refractivity contribution in [3.05, 3.63) is 71.3 Å². The van der Waals surface area contributed by atoms with E-state index in [1.165, 1.54) is 6.21 Å². The second-order valence-corrected chi connectivity index (χ2v) is 9.25. The number of likely N-dealkylation sites (tertiary alicyclic amines) is 1. The minimum atomic E-state index is -1.64. The van der Waals surface area contributed by atoms with Gasteiger partial charge in [0.15, 0.2) is 0 Å². The highest BCUT2D eigenvalue weighted by Gasteiger charge is 2.40. The molecular weight excluding hydrogens is 522 g/mol. The Morgan fingerprint density at radius 3 is 2.25 bits per heavy atom. The van der Waals surface area contributed by atoms with Crippen LogP contribution in [0.2, 0.25) is 0 Å². The smallest absolute Gasteiger partial charge is 0.326 e. The third-order valence-corrected chi connectivity index (χ3v) is 6.25. The lowest BCUT2D eigenvalue weighted by molar-refractivity contribution is -0.146. The fourth-order valence-electron chi connectivity index (χ4n) is 4.28. The number of amides is 4. The Labute approximate surface area is 229 Å². The average Bonchev–Trinajstić information content (AvgIpc) is 3.16. The van der Waals surface area contributed by atoms with E-state index in [0.29, 0.717) is 5.56 Å². The van der Waals surface area contributed by atoms with Gasteiger partial charge in [-0.05, 0) is 23.1 Å². The maximum Gasteiger partial charge on any atom is 0.326 e. The maximum atomic E-state index is 12.9. The molecule has 1 fully saturated rings. The molecule has 13 heteroatoms. The zero-order valence-corrected chi connectivity index (χ0v) is 21.4. The van der Waals surface area contributed by atoms with Crippen molar-refractivity contribution in [2.24, 2.45) is 16.9 Å². The van der Waals surface area contributed by atoms with Gasteiger partial charge in [0.2, 0.25) is 23.6 Å². The van der Waals surface area contributed by atoms with Crippen LogP contribution in [0.25, 0.3) is 0 Å². The first kappa shape index (κ1) is 29.5. The first-order valence-corrected chi connectivity index (χ1v) is 12.3. The number of hydrogen-bond donors (Lipinski definition) is 5. The van der Waals surface area contributed by atoms with Gasteiger partial charge >= 0.3 is 11.9 Å². The van der Waals surface area contributed by atoms with Gasteiger partial charge in [0.1, 0.15) is 18.6 Å². The van der Waals surface area contributed by atoms with E-state index in [1.54, 1.807) is 54.6 Å². The van der Waals surface area contributed by atoms with Crippen LogP contribution in [0.15, 0.2) is 59.7 Å². The molecule has 0 aromatic heterocycles. The Bertz CT molecular complexity index is 1300. The summed E-state index contributed by atoms with van der Waals surface area (Å²) in [5.74, 6) is -1.46. The first-order chi connectivity index (χ1) is 19.1. The maximum absolute atomic E-state index is 12.9. The Balaban J connectivity index is 1.62. The third-order valence-electron chi connectivity index (χ3n) is 6.25. The number of imide groups is 1. The molecule has 4 amide bonds. The molecule has 0 aliphatic carbocycles. The van der Waals surface area contributed by atoms with Gasteiger partial charge in [-0.1, -0.05) is 54.6 Å². The van der Waals surface area contributed by atoms with Crippen molar-refractivity contribution >= 4 is 41.8 Å². The predicted molar refractivity (Wildman–Crippen MR) is 141 cm³/mol. The molecule has 3 atom stereocenters. The molecule has 0 bridgehead atoms. The van der Waals surface area contributed by atoms with Crippen molar-refractivity contribution < 1.29 is 39.0 Å². The summed E-state index contributed by atoms with van der Waals surface area (Å²) in [6.45, 7) is -0.712. The summed E-state index contributed by atoms with van der Waals surface area (Å²) in [7, 11) is 0. The zero-order chi connectivity index (χ0) is 29.2. The Kier molecular flexibility index (Phi) is 10.1.